The summed E-state index contributed by atoms with van der Waals surface area (Å²) in [5.74, 6) is 4.72. The summed E-state index contributed by atoms with van der Waals surface area (Å²) in [5.41, 5.74) is 1.34. The van der Waals surface area contributed by atoms with Gasteiger partial charge in [0, 0.05) is 10.6 Å². The molecule has 3 heteroatoms. The van der Waals surface area contributed by atoms with Gasteiger partial charge in [0.1, 0.15) is 0 Å². The molecule has 0 fully saturated rings. The second-order valence-corrected chi connectivity index (χ2v) is 5.41. The number of aryl methyl sites for hydroxylation is 1. The summed E-state index contributed by atoms with van der Waals surface area (Å²) < 4.78 is 0. The summed E-state index contributed by atoms with van der Waals surface area (Å²) in [7, 11) is 0. The average Bonchev–Trinajstić information content (AvgIpc) is 2.61. The molecule has 0 amide bonds. The molecule has 0 spiro atoms. The van der Waals surface area contributed by atoms with Crippen molar-refractivity contribution in [3.63, 3.8) is 0 Å². The van der Waals surface area contributed by atoms with Gasteiger partial charge in [0.25, 0.3) is 0 Å². The van der Waals surface area contributed by atoms with Gasteiger partial charge in [-0.05, 0) is 23.8 Å². The van der Waals surface area contributed by atoms with Crippen LogP contribution in [-0.2, 0) is 12.2 Å². The number of thiophene rings is 1. The number of fused-ring (bicyclic) bond motifs is 1. The Kier molecular flexibility index (Phi) is 2.95. The molecule has 0 saturated heterocycles. The highest BCUT2D eigenvalue weighted by Crippen LogP contribution is 2.32. The minimum atomic E-state index is 0.0944. The monoisotopic (exact) mass is 222 g/mol. The molecule has 0 unspecified atom stereocenters. The number of rotatable bonds is 2. The molecule has 0 bridgehead atoms. The van der Waals surface area contributed by atoms with Crippen molar-refractivity contribution in [2.24, 2.45) is 0 Å². The van der Waals surface area contributed by atoms with Gasteiger partial charge in [0.2, 0.25) is 0 Å². The van der Waals surface area contributed by atoms with Crippen LogP contribution in [-0.4, -0.2) is 11.5 Å². The molecule has 2 rings (SSSR count). The summed E-state index contributed by atoms with van der Waals surface area (Å²) in [6, 6.07) is 2.02. The highest BCUT2D eigenvalue weighted by atomic mass is 32.2. The van der Waals surface area contributed by atoms with Crippen molar-refractivity contribution in [1.82, 2.24) is 0 Å². The maximum Gasteiger partial charge on any atom is 0.184 e. The molecular weight excluding hydrogens is 212 g/mol. The van der Waals surface area contributed by atoms with E-state index in [-0.39, 0.29) is 12.2 Å². The van der Waals surface area contributed by atoms with Crippen LogP contribution in [0.5, 0.6) is 0 Å². The lowest BCUT2D eigenvalue weighted by molar-refractivity contribution is 0.100. The number of Topliss-reactive ketones (excluding diaryl/α,β-unsaturated/α-hetero) is 1. The van der Waals surface area contributed by atoms with Crippen molar-refractivity contribution in [2.45, 2.75) is 18.6 Å². The van der Waals surface area contributed by atoms with E-state index in [4.69, 9.17) is 6.42 Å². The summed E-state index contributed by atoms with van der Waals surface area (Å²) in [4.78, 5) is 13.7. The Bertz CT molecular complexity index is 374. The molecule has 0 saturated carbocycles. The SMILES string of the molecule is C#CCC(=O)c1cc2c(s1)CCSC2. The summed E-state index contributed by atoms with van der Waals surface area (Å²) in [6.45, 7) is 0. The van der Waals surface area contributed by atoms with E-state index in [1.165, 1.54) is 16.2 Å². The lowest BCUT2D eigenvalue weighted by Crippen LogP contribution is -1.96. The molecule has 2 heterocycles. The molecule has 1 aromatic rings. The van der Waals surface area contributed by atoms with Gasteiger partial charge in [-0.3, -0.25) is 4.79 Å². The highest BCUT2D eigenvalue weighted by Gasteiger charge is 2.16. The summed E-state index contributed by atoms with van der Waals surface area (Å²) in [6.07, 6.45) is 6.45. The fraction of sp³-hybridized carbons (Fsp3) is 0.364. The van der Waals surface area contributed by atoms with Crippen LogP contribution in [0.15, 0.2) is 6.07 Å². The number of hydrogen-bond donors (Lipinski definition) is 0. The van der Waals surface area contributed by atoms with Gasteiger partial charge >= 0.3 is 0 Å². The maximum atomic E-state index is 11.5. The molecule has 0 aliphatic carbocycles. The van der Waals surface area contributed by atoms with Gasteiger partial charge in [0.05, 0.1) is 11.3 Å². The molecule has 1 aliphatic rings. The first kappa shape index (κ1) is 9.82. The zero-order valence-corrected chi connectivity index (χ0v) is 9.34. The van der Waals surface area contributed by atoms with E-state index in [1.54, 1.807) is 11.3 Å². The third kappa shape index (κ3) is 1.87. The molecule has 0 N–H and O–H groups in total. The first-order valence-electron chi connectivity index (χ1n) is 4.47. The number of ketones is 1. The van der Waals surface area contributed by atoms with Gasteiger partial charge in [0.15, 0.2) is 5.78 Å². The number of carbonyl (C=O) groups is 1. The number of hydrogen-bond acceptors (Lipinski definition) is 3. The summed E-state index contributed by atoms with van der Waals surface area (Å²) in [5, 5.41) is 0. The van der Waals surface area contributed by atoms with Crippen molar-refractivity contribution in [2.75, 3.05) is 5.75 Å². The van der Waals surface area contributed by atoms with Crippen LogP contribution in [0.3, 0.4) is 0 Å². The fourth-order valence-electron chi connectivity index (χ4n) is 1.46. The van der Waals surface area contributed by atoms with Crippen LogP contribution >= 0.6 is 23.1 Å². The molecule has 72 valence electrons. The Morgan fingerprint density at radius 3 is 3.21 bits per heavy atom. The molecule has 1 nitrogen and oxygen atoms in total. The Labute approximate surface area is 91.9 Å². The molecule has 1 aliphatic heterocycles. The number of carbonyl (C=O) groups excluding carboxylic acids is 1. The van der Waals surface area contributed by atoms with Crippen molar-refractivity contribution in [3.8, 4) is 12.3 Å². The van der Waals surface area contributed by atoms with Gasteiger partial charge in [-0.25, -0.2) is 0 Å². The van der Waals surface area contributed by atoms with Crippen LogP contribution in [0.2, 0.25) is 0 Å². The fourth-order valence-corrected chi connectivity index (χ4v) is 3.77. The third-order valence-electron chi connectivity index (χ3n) is 2.17. The van der Waals surface area contributed by atoms with Crippen molar-refractivity contribution >= 4 is 28.9 Å². The predicted octanol–water partition coefficient (Wildman–Crippen LogP) is 2.74. The Morgan fingerprint density at radius 1 is 1.64 bits per heavy atom. The Hall–Kier alpha value is -0.720. The van der Waals surface area contributed by atoms with E-state index in [0.717, 1.165) is 17.1 Å². The zero-order valence-electron chi connectivity index (χ0n) is 7.71. The van der Waals surface area contributed by atoms with E-state index < -0.39 is 0 Å². The maximum absolute atomic E-state index is 11.5. The van der Waals surface area contributed by atoms with Gasteiger partial charge < -0.3 is 0 Å². The molecule has 14 heavy (non-hydrogen) atoms. The smallest absolute Gasteiger partial charge is 0.184 e. The van der Waals surface area contributed by atoms with Gasteiger partial charge in [-0.1, -0.05) is 5.92 Å². The van der Waals surface area contributed by atoms with Crippen LogP contribution in [0.25, 0.3) is 0 Å². The van der Waals surface area contributed by atoms with Crippen LogP contribution in [0.4, 0.5) is 0 Å². The number of thioether (sulfide) groups is 1. The normalized spacial score (nSPS) is 14.5. The van der Waals surface area contributed by atoms with Crippen LogP contribution in [0.1, 0.15) is 26.5 Å². The van der Waals surface area contributed by atoms with Crippen molar-refractivity contribution < 1.29 is 4.79 Å². The molecule has 0 atom stereocenters. The van der Waals surface area contributed by atoms with Crippen LogP contribution in [0, 0.1) is 12.3 Å². The van der Waals surface area contributed by atoms with Crippen molar-refractivity contribution in [3.05, 3.63) is 21.4 Å². The molecule has 0 aromatic carbocycles. The van der Waals surface area contributed by atoms with Gasteiger partial charge in [-0.2, -0.15) is 11.8 Å². The lowest BCUT2D eigenvalue weighted by Gasteiger charge is -2.08. The first-order chi connectivity index (χ1) is 6.81. The van der Waals surface area contributed by atoms with E-state index in [0.29, 0.717) is 0 Å². The predicted molar refractivity (Wildman–Crippen MR) is 62.0 cm³/mol. The quantitative estimate of drug-likeness (QED) is 0.565. The number of terminal acetylenes is 1. The second kappa shape index (κ2) is 4.20. The van der Waals surface area contributed by atoms with E-state index in [9.17, 15) is 4.79 Å². The Balaban J connectivity index is 2.24. The minimum Gasteiger partial charge on any atom is -0.292 e. The molecule has 0 radical (unpaired) electrons. The molecular formula is C11H10OS2. The minimum absolute atomic E-state index is 0.0944. The largest absolute Gasteiger partial charge is 0.292 e. The van der Waals surface area contributed by atoms with E-state index in [1.807, 2.05) is 17.8 Å². The topological polar surface area (TPSA) is 17.1 Å². The summed E-state index contributed by atoms with van der Waals surface area (Å²) >= 11 is 3.56. The van der Waals surface area contributed by atoms with Gasteiger partial charge in [-0.15, -0.1) is 17.8 Å². The highest BCUT2D eigenvalue weighted by molar-refractivity contribution is 7.98. The van der Waals surface area contributed by atoms with Crippen molar-refractivity contribution in [1.29, 1.82) is 0 Å². The lowest BCUT2D eigenvalue weighted by atomic mass is 10.2. The van der Waals surface area contributed by atoms with Crippen LogP contribution < -0.4 is 0 Å². The third-order valence-corrected chi connectivity index (χ3v) is 4.45. The average molecular weight is 222 g/mol. The first-order valence-corrected chi connectivity index (χ1v) is 6.44. The standard InChI is InChI=1S/C11H10OS2/c1-2-3-9(12)11-6-8-7-13-5-4-10(8)14-11/h1,6H,3-5,7H2. The molecule has 1 aromatic heterocycles. The second-order valence-electron chi connectivity index (χ2n) is 3.17. The van der Waals surface area contributed by atoms with E-state index in [2.05, 4.69) is 5.92 Å². The Morgan fingerprint density at radius 2 is 2.50 bits per heavy atom. The zero-order chi connectivity index (χ0) is 9.97. The van der Waals surface area contributed by atoms with E-state index >= 15 is 0 Å².